The number of ketones is 1. The van der Waals surface area contributed by atoms with Gasteiger partial charge in [0.05, 0.1) is 11.0 Å². The Hall–Kier alpha value is -1.43. The summed E-state index contributed by atoms with van der Waals surface area (Å²) in [6, 6.07) is 0. The quantitative estimate of drug-likeness (QED) is 0.466. The van der Waals surface area contributed by atoms with Crippen LogP contribution in [0, 0.1) is 16.7 Å². The Morgan fingerprint density at radius 2 is 1.73 bits per heavy atom. The van der Waals surface area contributed by atoms with E-state index in [2.05, 4.69) is 24.1 Å². The fraction of sp³-hybridized carbons (Fsp3) is 0.889. The zero-order valence-electron chi connectivity index (χ0n) is 22.2. The van der Waals surface area contributed by atoms with Crippen LogP contribution >= 0.6 is 0 Å². The standard InChI is InChI=1S/C27H48N2O4/c1-8-29(9-2)18-15-21-19-27(24(32)33-21)16-10-11-20(14-17-27)12-13-22(30)26(6,7)28-23(31)25(3,4)5/h20-21H,8-19H2,1-7H3,(H,28,31)/t20?,21-,27?/m0/s1. The van der Waals surface area contributed by atoms with Crippen molar-refractivity contribution >= 4 is 17.7 Å². The molecule has 6 nitrogen and oxygen atoms in total. The highest BCUT2D eigenvalue weighted by atomic mass is 16.6. The molecule has 1 N–H and O–H groups in total. The summed E-state index contributed by atoms with van der Waals surface area (Å²) in [6.45, 7) is 16.5. The van der Waals surface area contributed by atoms with E-state index in [9.17, 15) is 14.4 Å². The first-order valence-corrected chi connectivity index (χ1v) is 13.1. The molecule has 2 unspecified atom stereocenters. The van der Waals surface area contributed by atoms with Gasteiger partial charge in [-0.2, -0.15) is 0 Å². The lowest BCUT2D eigenvalue weighted by Gasteiger charge is -2.29. The average Bonchev–Trinajstić information content (AvgIpc) is 2.90. The van der Waals surface area contributed by atoms with E-state index in [0.29, 0.717) is 12.3 Å². The molecule has 2 rings (SSSR count). The lowest BCUT2D eigenvalue weighted by Crippen LogP contribution is -2.53. The Morgan fingerprint density at radius 1 is 1.06 bits per heavy atom. The number of carbonyl (C=O) groups excluding carboxylic acids is 3. The van der Waals surface area contributed by atoms with Crippen molar-refractivity contribution in [2.24, 2.45) is 16.7 Å². The van der Waals surface area contributed by atoms with E-state index in [-0.39, 0.29) is 29.2 Å². The molecule has 1 saturated heterocycles. The number of esters is 1. The van der Waals surface area contributed by atoms with Gasteiger partial charge in [-0.05, 0) is 65.0 Å². The normalized spacial score (nSPS) is 26.4. The first-order valence-electron chi connectivity index (χ1n) is 13.1. The first kappa shape index (κ1) is 27.8. The van der Waals surface area contributed by atoms with Crippen molar-refractivity contribution in [1.82, 2.24) is 10.2 Å². The fourth-order valence-corrected chi connectivity index (χ4v) is 5.23. The van der Waals surface area contributed by atoms with Crippen LogP contribution in [0.5, 0.6) is 0 Å². The monoisotopic (exact) mass is 464 g/mol. The van der Waals surface area contributed by atoms with Gasteiger partial charge in [-0.15, -0.1) is 0 Å². The van der Waals surface area contributed by atoms with Crippen molar-refractivity contribution in [3.63, 3.8) is 0 Å². The van der Waals surface area contributed by atoms with Gasteiger partial charge in [0, 0.05) is 24.8 Å². The van der Waals surface area contributed by atoms with Gasteiger partial charge in [0.25, 0.3) is 0 Å². The maximum absolute atomic E-state index is 12.9. The van der Waals surface area contributed by atoms with Crippen LogP contribution in [0.2, 0.25) is 0 Å². The molecule has 0 radical (unpaired) electrons. The zero-order chi connectivity index (χ0) is 24.9. The van der Waals surface area contributed by atoms with E-state index < -0.39 is 11.0 Å². The predicted molar refractivity (Wildman–Crippen MR) is 132 cm³/mol. The Balaban J connectivity index is 1.85. The van der Waals surface area contributed by atoms with E-state index in [1.807, 2.05) is 20.8 Å². The molecule has 3 atom stereocenters. The average molecular weight is 465 g/mol. The van der Waals surface area contributed by atoms with Crippen LogP contribution in [-0.4, -0.2) is 53.8 Å². The largest absolute Gasteiger partial charge is 0.462 e. The molecule has 6 heteroatoms. The molecule has 2 aliphatic rings. The van der Waals surface area contributed by atoms with E-state index in [1.54, 1.807) is 13.8 Å². The highest BCUT2D eigenvalue weighted by Gasteiger charge is 2.49. The highest BCUT2D eigenvalue weighted by Crippen LogP contribution is 2.47. The number of nitrogens with zero attached hydrogens (tertiary/aromatic N) is 1. The topological polar surface area (TPSA) is 75.7 Å². The number of Topliss-reactive ketones (excluding diaryl/α,β-unsaturated/α-hetero) is 1. The Morgan fingerprint density at radius 3 is 2.33 bits per heavy atom. The molecular weight excluding hydrogens is 416 g/mol. The lowest BCUT2D eigenvalue weighted by molar-refractivity contribution is -0.149. The van der Waals surface area contributed by atoms with Crippen LogP contribution < -0.4 is 5.32 Å². The minimum absolute atomic E-state index is 0.00907. The highest BCUT2D eigenvalue weighted by molar-refractivity contribution is 5.93. The SMILES string of the molecule is CCN(CC)CC[C@H]1CC2(CCCC(CCC(=O)C(C)(C)NC(=O)C(C)(C)C)CC2)C(=O)O1. The Kier molecular flexibility index (Phi) is 9.55. The first-order chi connectivity index (χ1) is 15.3. The smallest absolute Gasteiger partial charge is 0.312 e. The molecule has 1 heterocycles. The van der Waals surface area contributed by atoms with Gasteiger partial charge >= 0.3 is 5.97 Å². The van der Waals surface area contributed by atoms with Crippen molar-refractivity contribution < 1.29 is 19.1 Å². The molecule has 1 aliphatic heterocycles. The summed E-state index contributed by atoms with van der Waals surface area (Å²) < 4.78 is 5.83. The fourth-order valence-electron chi connectivity index (χ4n) is 5.23. The summed E-state index contributed by atoms with van der Waals surface area (Å²) in [5.41, 5.74) is -1.69. The molecule has 0 aromatic heterocycles. The van der Waals surface area contributed by atoms with Gasteiger partial charge in [0.2, 0.25) is 5.91 Å². The maximum atomic E-state index is 12.9. The van der Waals surface area contributed by atoms with Gasteiger partial charge < -0.3 is 15.0 Å². The van der Waals surface area contributed by atoms with Crippen molar-refractivity contribution in [2.75, 3.05) is 19.6 Å². The van der Waals surface area contributed by atoms with E-state index in [4.69, 9.17) is 4.74 Å². The van der Waals surface area contributed by atoms with Gasteiger partial charge in [0.1, 0.15) is 6.10 Å². The summed E-state index contributed by atoms with van der Waals surface area (Å²) in [6.07, 6.45) is 7.93. The molecule has 1 saturated carbocycles. The van der Waals surface area contributed by atoms with Gasteiger partial charge in [-0.25, -0.2) is 0 Å². The molecule has 2 fully saturated rings. The number of nitrogens with one attached hydrogen (secondary N) is 1. The van der Waals surface area contributed by atoms with Crippen LogP contribution in [0.25, 0.3) is 0 Å². The molecule has 1 amide bonds. The second-order valence-electron chi connectivity index (χ2n) is 11.9. The van der Waals surface area contributed by atoms with Crippen molar-refractivity contribution in [3.05, 3.63) is 0 Å². The molecule has 190 valence electrons. The molecule has 33 heavy (non-hydrogen) atoms. The Labute approximate surface area is 201 Å². The number of hydrogen-bond donors (Lipinski definition) is 1. The summed E-state index contributed by atoms with van der Waals surface area (Å²) in [7, 11) is 0. The molecule has 0 aromatic carbocycles. The number of hydrogen-bond acceptors (Lipinski definition) is 5. The molecule has 0 bridgehead atoms. The number of ether oxygens (including phenoxy) is 1. The third kappa shape index (κ3) is 7.53. The van der Waals surface area contributed by atoms with Gasteiger partial charge in [-0.3, -0.25) is 14.4 Å². The molecule has 0 aromatic rings. The summed E-state index contributed by atoms with van der Waals surface area (Å²) in [5, 5.41) is 2.92. The van der Waals surface area contributed by atoms with Crippen molar-refractivity contribution in [3.8, 4) is 0 Å². The minimum Gasteiger partial charge on any atom is -0.462 e. The third-order valence-electron chi connectivity index (χ3n) is 7.87. The van der Waals surface area contributed by atoms with E-state index in [1.165, 1.54) is 0 Å². The molecular formula is C27H48N2O4. The van der Waals surface area contributed by atoms with Crippen LogP contribution in [0.4, 0.5) is 0 Å². The van der Waals surface area contributed by atoms with Crippen molar-refractivity contribution in [2.45, 2.75) is 118 Å². The van der Waals surface area contributed by atoms with E-state index in [0.717, 1.165) is 71.0 Å². The molecule has 1 spiro atoms. The van der Waals surface area contributed by atoms with Gasteiger partial charge in [0.15, 0.2) is 5.78 Å². The number of amides is 1. The van der Waals surface area contributed by atoms with Crippen LogP contribution in [-0.2, 0) is 19.1 Å². The predicted octanol–water partition coefficient (Wildman–Crippen LogP) is 4.89. The van der Waals surface area contributed by atoms with Crippen LogP contribution in [0.15, 0.2) is 0 Å². The van der Waals surface area contributed by atoms with Crippen LogP contribution in [0.1, 0.15) is 106 Å². The minimum atomic E-state index is -0.857. The Bertz CT molecular complexity index is 693. The second kappa shape index (κ2) is 11.3. The molecule has 1 aliphatic carbocycles. The third-order valence-corrected chi connectivity index (χ3v) is 7.87. The number of cyclic esters (lactones) is 1. The summed E-state index contributed by atoms with van der Waals surface area (Å²) in [4.78, 5) is 40.5. The summed E-state index contributed by atoms with van der Waals surface area (Å²) in [5.74, 6) is 0.433. The summed E-state index contributed by atoms with van der Waals surface area (Å²) >= 11 is 0. The second-order valence-corrected chi connectivity index (χ2v) is 11.9. The maximum Gasteiger partial charge on any atom is 0.312 e. The van der Waals surface area contributed by atoms with Gasteiger partial charge in [-0.1, -0.05) is 47.5 Å². The number of rotatable bonds is 10. The van der Waals surface area contributed by atoms with Crippen molar-refractivity contribution in [1.29, 1.82) is 0 Å². The number of carbonyl (C=O) groups is 3. The van der Waals surface area contributed by atoms with Crippen LogP contribution in [0.3, 0.4) is 0 Å². The lowest BCUT2D eigenvalue weighted by atomic mass is 9.77. The zero-order valence-corrected chi connectivity index (χ0v) is 22.2. The van der Waals surface area contributed by atoms with E-state index >= 15 is 0 Å².